The number of amides is 1. The fourth-order valence-corrected chi connectivity index (χ4v) is 3.43. The van der Waals surface area contributed by atoms with Gasteiger partial charge < -0.3 is 19.4 Å². The summed E-state index contributed by atoms with van der Waals surface area (Å²) in [6.07, 6.45) is 0. The maximum absolute atomic E-state index is 12.8. The van der Waals surface area contributed by atoms with E-state index in [0.29, 0.717) is 22.3 Å². The van der Waals surface area contributed by atoms with E-state index in [1.165, 1.54) is 9.13 Å². The lowest BCUT2D eigenvalue weighted by atomic mass is 10.1. The van der Waals surface area contributed by atoms with Gasteiger partial charge in [0, 0.05) is 32.7 Å². The van der Waals surface area contributed by atoms with E-state index in [1.54, 1.807) is 32.3 Å². The van der Waals surface area contributed by atoms with Crippen molar-refractivity contribution in [3.8, 4) is 0 Å². The summed E-state index contributed by atoms with van der Waals surface area (Å²) in [6.45, 7) is 7.48. The van der Waals surface area contributed by atoms with Gasteiger partial charge in [-0.05, 0) is 45.0 Å². The summed E-state index contributed by atoms with van der Waals surface area (Å²) in [5.74, 6) is -0.229. The Bertz CT molecular complexity index is 1190. The number of hydrogen-bond acceptors (Lipinski definition) is 4. The first-order valence-electron chi connectivity index (χ1n) is 9.65. The van der Waals surface area contributed by atoms with E-state index in [0.717, 1.165) is 24.3 Å². The molecule has 0 saturated heterocycles. The van der Waals surface area contributed by atoms with Gasteiger partial charge in [0.15, 0.2) is 0 Å². The molecular weight excluding hydrogens is 368 g/mol. The summed E-state index contributed by atoms with van der Waals surface area (Å²) < 4.78 is 2.68. The van der Waals surface area contributed by atoms with Crippen LogP contribution in [-0.2, 0) is 14.1 Å². The molecule has 0 radical (unpaired) electrons. The molecule has 0 aliphatic rings. The molecule has 0 saturated carbocycles. The van der Waals surface area contributed by atoms with Crippen molar-refractivity contribution in [3.63, 3.8) is 0 Å². The number of nitrogens with zero attached hydrogens (tertiary/aromatic N) is 3. The van der Waals surface area contributed by atoms with E-state index >= 15 is 0 Å². The molecular formula is C22H26N4O3. The average Bonchev–Trinajstić information content (AvgIpc) is 2.72. The molecule has 0 atom stereocenters. The van der Waals surface area contributed by atoms with Gasteiger partial charge in [0.25, 0.3) is 5.91 Å². The van der Waals surface area contributed by atoms with E-state index < -0.39 is 11.1 Å². The van der Waals surface area contributed by atoms with Crippen LogP contribution in [0, 0.1) is 6.92 Å². The normalized spacial score (nSPS) is 10.9. The number of rotatable bonds is 5. The second-order valence-corrected chi connectivity index (χ2v) is 7.08. The van der Waals surface area contributed by atoms with Crippen LogP contribution in [0.15, 0.2) is 46.0 Å². The highest BCUT2D eigenvalue weighted by Crippen LogP contribution is 2.31. The van der Waals surface area contributed by atoms with Crippen LogP contribution in [-0.4, -0.2) is 28.1 Å². The van der Waals surface area contributed by atoms with Gasteiger partial charge in [0.2, 0.25) is 0 Å². The van der Waals surface area contributed by atoms with Crippen LogP contribution < -0.4 is 21.3 Å². The number of hydrogen-bond donors (Lipinski definition) is 1. The lowest BCUT2D eigenvalue weighted by molar-refractivity contribution is 0.102. The third kappa shape index (κ3) is 3.68. The summed E-state index contributed by atoms with van der Waals surface area (Å²) in [5.41, 5.74) is 3.05. The molecule has 1 amide bonds. The van der Waals surface area contributed by atoms with E-state index in [9.17, 15) is 14.4 Å². The topological polar surface area (TPSA) is 76.3 Å². The van der Waals surface area contributed by atoms with E-state index in [2.05, 4.69) is 10.2 Å². The van der Waals surface area contributed by atoms with Gasteiger partial charge in [-0.1, -0.05) is 17.7 Å². The first-order chi connectivity index (χ1) is 13.8. The zero-order chi connectivity index (χ0) is 21.3. The molecule has 1 N–H and O–H groups in total. The molecule has 0 bridgehead atoms. The Kier molecular flexibility index (Phi) is 5.59. The van der Waals surface area contributed by atoms with E-state index in [4.69, 9.17) is 0 Å². The molecule has 0 fully saturated rings. The first kappa shape index (κ1) is 20.4. The Balaban J connectivity index is 2.21. The fraction of sp³-hybridized carbons (Fsp3) is 0.318. The summed E-state index contributed by atoms with van der Waals surface area (Å²) >= 11 is 0. The lowest BCUT2D eigenvalue weighted by Gasteiger charge is -2.25. The third-order valence-electron chi connectivity index (χ3n) is 5.27. The Morgan fingerprint density at radius 2 is 1.45 bits per heavy atom. The molecule has 0 unspecified atom stereocenters. The second-order valence-electron chi connectivity index (χ2n) is 7.08. The smallest absolute Gasteiger partial charge is 0.316 e. The van der Waals surface area contributed by atoms with Crippen molar-refractivity contribution in [2.24, 2.45) is 14.1 Å². The maximum atomic E-state index is 12.8. The highest BCUT2D eigenvalue weighted by Gasteiger charge is 2.17. The zero-order valence-electron chi connectivity index (χ0n) is 17.4. The predicted octanol–water partition coefficient (Wildman–Crippen LogP) is 2.64. The zero-order valence-corrected chi connectivity index (χ0v) is 17.4. The van der Waals surface area contributed by atoms with Crippen molar-refractivity contribution < 1.29 is 4.79 Å². The molecule has 0 spiro atoms. The SMILES string of the molecule is CCN(CC)c1cc2c(cc1NC(=O)c1ccc(C)cc1)n(C)c(=O)c(=O)n2C. The van der Waals surface area contributed by atoms with Crippen LogP contribution in [0.25, 0.3) is 11.0 Å². The molecule has 3 aromatic rings. The fourth-order valence-electron chi connectivity index (χ4n) is 3.43. The summed E-state index contributed by atoms with van der Waals surface area (Å²) in [5, 5.41) is 2.98. The molecule has 152 valence electrons. The van der Waals surface area contributed by atoms with Crippen LogP contribution in [0.3, 0.4) is 0 Å². The standard InChI is InChI=1S/C22H26N4O3/c1-6-26(7-2)17-13-19-18(24(4)21(28)22(29)25(19)5)12-16(17)23-20(27)15-10-8-14(3)9-11-15/h8-13H,6-7H2,1-5H3,(H,23,27). The van der Waals surface area contributed by atoms with Gasteiger partial charge >= 0.3 is 11.1 Å². The monoisotopic (exact) mass is 394 g/mol. The largest absolute Gasteiger partial charge is 0.370 e. The van der Waals surface area contributed by atoms with Crippen LogP contribution in [0.5, 0.6) is 0 Å². The summed E-state index contributed by atoms with van der Waals surface area (Å²) in [6, 6.07) is 11.0. The number of carbonyl (C=O) groups is 1. The van der Waals surface area contributed by atoms with Crippen molar-refractivity contribution in [1.82, 2.24) is 9.13 Å². The predicted molar refractivity (Wildman–Crippen MR) is 117 cm³/mol. The molecule has 7 heteroatoms. The quantitative estimate of drug-likeness (QED) is 0.675. The van der Waals surface area contributed by atoms with E-state index in [1.807, 2.05) is 39.0 Å². The number of fused-ring (bicyclic) bond motifs is 1. The molecule has 0 aliphatic carbocycles. The number of aryl methyl sites for hydroxylation is 3. The minimum absolute atomic E-state index is 0.229. The number of nitrogens with one attached hydrogen (secondary N) is 1. The Labute approximate surface area is 169 Å². The third-order valence-corrected chi connectivity index (χ3v) is 5.27. The van der Waals surface area contributed by atoms with Gasteiger partial charge in [-0.25, -0.2) is 0 Å². The van der Waals surface area contributed by atoms with Gasteiger partial charge in [-0.2, -0.15) is 0 Å². The molecule has 1 heterocycles. The van der Waals surface area contributed by atoms with Gasteiger partial charge in [0.1, 0.15) is 0 Å². The number of aromatic nitrogens is 2. The van der Waals surface area contributed by atoms with Crippen molar-refractivity contribution >= 4 is 28.3 Å². The summed E-state index contributed by atoms with van der Waals surface area (Å²) in [7, 11) is 3.15. The van der Waals surface area contributed by atoms with Crippen molar-refractivity contribution in [2.75, 3.05) is 23.3 Å². The van der Waals surface area contributed by atoms with Crippen molar-refractivity contribution in [1.29, 1.82) is 0 Å². The lowest BCUT2D eigenvalue weighted by Crippen LogP contribution is -2.39. The Morgan fingerprint density at radius 3 is 1.97 bits per heavy atom. The maximum Gasteiger partial charge on any atom is 0.316 e. The molecule has 1 aromatic heterocycles. The molecule has 0 aliphatic heterocycles. The minimum Gasteiger partial charge on any atom is -0.370 e. The van der Waals surface area contributed by atoms with Crippen LogP contribution >= 0.6 is 0 Å². The summed E-state index contributed by atoms with van der Waals surface area (Å²) in [4.78, 5) is 39.4. The number of anilines is 2. The van der Waals surface area contributed by atoms with Crippen molar-refractivity contribution in [2.45, 2.75) is 20.8 Å². The first-order valence-corrected chi connectivity index (χ1v) is 9.65. The van der Waals surface area contributed by atoms with Crippen LogP contribution in [0.2, 0.25) is 0 Å². The number of benzene rings is 2. The number of carbonyl (C=O) groups excluding carboxylic acids is 1. The van der Waals surface area contributed by atoms with Crippen LogP contribution in [0.1, 0.15) is 29.8 Å². The molecule has 3 rings (SSSR count). The average molecular weight is 394 g/mol. The Morgan fingerprint density at radius 1 is 0.931 bits per heavy atom. The van der Waals surface area contributed by atoms with Gasteiger partial charge in [0.05, 0.1) is 22.4 Å². The highest BCUT2D eigenvalue weighted by molar-refractivity contribution is 6.07. The Hall–Kier alpha value is -3.35. The molecule has 7 nitrogen and oxygen atoms in total. The molecule has 29 heavy (non-hydrogen) atoms. The van der Waals surface area contributed by atoms with Crippen molar-refractivity contribution in [3.05, 3.63) is 68.2 Å². The van der Waals surface area contributed by atoms with Gasteiger partial charge in [-0.3, -0.25) is 14.4 Å². The highest BCUT2D eigenvalue weighted by atomic mass is 16.2. The van der Waals surface area contributed by atoms with Gasteiger partial charge in [-0.15, -0.1) is 0 Å². The van der Waals surface area contributed by atoms with E-state index in [-0.39, 0.29) is 5.91 Å². The minimum atomic E-state index is -0.605. The molecule has 2 aromatic carbocycles. The second kappa shape index (κ2) is 7.95. The van der Waals surface area contributed by atoms with Crippen LogP contribution in [0.4, 0.5) is 11.4 Å².